The molecule has 0 fully saturated rings. The summed E-state index contributed by atoms with van der Waals surface area (Å²) in [5.41, 5.74) is 2.20. The van der Waals surface area contributed by atoms with Crippen molar-refractivity contribution in [2.24, 2.45) is 0 Å². The molecule has 0 saturated carbocycles. The van der Waals surface area contributed by atoms with Gasteiger partial charge in [-0.25, -0.2) is 0 Å². The van der Waals surface area contributed by atoms with Gasteiger partial charge in [0.05, 0.1) is 23.8 Å². The average molecular weight is 487 g/mol. The minimum absolute atomic E-state index is 0.0706. The van der Waals surface area contributed by atoms with Gasteiger partial charge in [0.15, 0.2) is 6.61 Å². The van der Waals surface area contributed by atoms with E-state index in [4.69, 9.17) is 4.74 Å². The summed E-state index contributed by atoms with van der Waals surface area (Å²) in [5, 5.41) is 5.93. The van der Waals surface area contributed by atoms with Gasteiger partial charge < -0.3 is 20.3 Å². The summed E-state index contributed by atoms with van der Waals surface area (Å²) in [6.07, 6.45) is 0.0706. The summed E-state index contributed by atoms with van der Waals surface area (Å²) in [5.74, 6) is -0.124. The molecule has 3 aromatic carbocycles. The van der Waals surface area contributed by atoms with Crippen LogP contribution in [0.1, 0.15) is 28.4 Å². The lowest BCUT2D eigenvalue weighted by Gasteiger charge is -2.31. The number of anilines is 2. The number of benzene rings is 3. The molecule has 0 saturated heterocycles. The van der Waals surface area contributed by atoms with Crippen LogP contribution < -0.4 is 20.3 Å². The van der Waals surface area contributed by atoms with Gasteiger partial charge in [-0.2, -0.15) is 0 Å². The SMILES string of the molecule is CNCCN(C)C(=O)c1ccc2c(c1)NC(=O)CC(c1ccccc1)N2C(=O)COc1ccccc1. The van der Waals surface area contributed by atoms with Gasteiger partial charge in [0.1, 0.15) is 5.75 Å². The third-order valence-corrected chi connectivity index (χ3v) is 6.07. The first-order chi connectivity index (χ1) is 17.5. The number of para-hydroxylation sites is 1. The third kappa shape index (κ3) is 5.72. The Balaban J connectivity index is 1.70. The number of rotatable bonds is 8. The Morgan fingerprint density at radius 3 is 2.44 bits per heavy atom. The Hall–Kier alpha value is -4.17. The van der Waals surface area contributed by atoms with Gasteiger partial charge in [0.25, 0.3) is 11.8 Å². The van der Waals surface area contributed by atoms with E-state index in [2.05, 4.69) is 10.6 Å². The molecule has 0 aliphatic carbocycles. The lowest BCUT2D eigenvalue weighted by atomic mass is 10.0. The second-order valence-electron chi connectivity index (χ2n) is 8.61. The molecular weight excluding hydrogens is 456 g/mol. The summed E-state index contributed by atoms with van der Waals surface area (Å²) in [4.78, 5) is 42.7. The van der Waals surface area contributed by atoms with E-state index in [0.717, 1.165) is 5.56 Å². The van der Waals surface area contributed by atoms with E-state index in [0.29, 0.717) is 35.8 Å². The first-order valence-electron chi connectivity index (χ1n) is 11.9. The van der Waals surface area contributed by atoms with Crippen LogP contribution in [0.5, 0.6) is 5.75 Å². The highest BCUT2D eigenvalue weighted by atomic mass is 16.5. The average Bonchev–Trinajstić information content (AvgIpc) is 3.06. The van der Waals surface area contributed by atoms with E-state index >= 15 is 0 Å². The largest absolute Gasteiger partial charge is 0.484 e. The van der Waals surface area contributed by atoms with Crippen molar-refractivity contribution in [3.05, 3.63) is 90.0 Å². The zero-order chi connectivity index (χ0) is 25.5. The maximum Gasteiger partial charge on any atom is 0.265 e. The smallest absolute Gasteiger partial charge is 0.265 e. The standard InChI is InChI=1S/C28H30N4O4/c1-29-15-16-31(2)28(35)21-13-14-24-23(17-21)30-26(33)18-25(20-9-5-3-6-10-20)32(24)27(34)19-36-22-11-7-4-8-12-22/h3-14,17,25,29H,15-16,18-19H2,1-2H3,(H,30,33). The fourth-order valence-electron chi connectivity index (χ4n) is 4.20. The predicted molar refractivity (Wildman–Crippen MR) is 139 cm³/mol. The summed E-state index contributed by atoms with van der Waals surface area (Å²) in [6, 6.07) is 23.1. The summed E-state index contributed by atoms with van der Waals surface area (Å²) >= 11 is 0. The number of likely N-dealkylation sites (N-methyl/N-ethyl adjacent to an activating group) is 2. The van der Waals surface area contributed by atoms with Crippen LogP contribution in [0.15, 0.2) is 78.9 Å². The zero-order valence-electron chi connectivity index (χ0n) is 20.4. The van der Waals surface area contributed by atoms with Crippen molar-refractivity contribution in [2.75, 3.05) is 44.0 Å². The van der Waals surface area contributed by atoms with Crippen molar-refractivity contribution in [3.8, 4) is 5.75 Å². The van der Waals surface area contributed by atoms with Gasteiger partial charge in [0, 0.05) is 25.7 Å². The number of ether oxygens (including phenoxy) is 1. The molecule has 186 valence electrons. The Morgan fingerprint density at radius 1 is 1.06 bits per heavy atom. The molecule has 0 aromatic heterocycles. The number of carbonyl (C=O) groups excluding carboxylic acids is 3. The molecule has 1 aliphatic heterocycles. The van der Waals surface area contributed by atoms with Crippen molar-refractivity contribution < 1.29 is 19.1 Å². The highest BCUT2D eigenvalue weighted by Crippen LogP contribution is 2.39. The molecule has 4 rings (SSSR count). The Labute approximate surface area is 210 Å². The predicted octanol–water partition coefficient (Wildman–Crippen LogP) is 3.47. The number of hydrogen-bond donors (Lipinski definition) is 2. The molecule has 0 bridgehead atoms. The topological polar surface area (TPSA) is 91.0 Å². The molecule has 8 nitrogen and oxygen atoms in total. The van der Waals surface area contributed by atoms with Crippen molar-refractivity contribution in [3.63, 3.8) is 0 Å². The molecule has 36 heavy (non-hydrogen) atoms. The number of fused-ring (bicyclic) bond motifs is 1. The lowest BCUT2D eigenvalue weighted by Crippen LogP contribution is -2.38. The first-order valence-corrected chi connectivity index (χ1v) is 11.9. The van der Waals surface area contributed by atoms with E-state index in [1.165, 1.54) is 0 Å². The van der Waals surface area contributed by atoms with Crippen LogP contribution in [0.2, 0.25) is 0 Å². The summed E-state index contributed by atoms with van der Waals surface area (Å²) in [6.45, 7) is 0.997. The minimum Gasteiger partial charge on any atom is -0.484 e. The molecule has 1 heterocycles. The van der Waals surface area contributed by atoms with Crippen molar-refractivity contribution >= 4 is 29.1 Å². The van der Waals surface area contributed by atoms with E-state index in [1.54, 1.807) is 47.2 Å². The van der Waals surface area contributed by atoms with Crippen LogP contribution in [0.3, 0.4) is 0 Å². The zero-order valence-corrected chi connectivity index (χ0v) is 20.4. The number of amides is 3. The van der Waals surface area contributed by atoms with Crippen molar-refractivity contribution in [2.45, 2.75) is 12.5 Å². The number of hydrogen-bond acceptors (Lipinski definition) is 5. The van der Waals surface area contributed by atoms with Crippen LogP contribution in [-0.2, 0) is 9.59 Å². The Morgan fingerprint density at radius 2 is 1.75 bits per heavy atom. The molecule has 0 spiro atoms. The maximum absolute atomic E-state index is 13.6. The minimum atomic E-state index is -0.529. The molecule has 1 aliphatic rings. The summed E-state index contributed by atoms with van der Waals surface area (Å²) < 4.78 is 5.76. The quantitative estimate of drug-likeness (QED) is 0.509. The molecule has 3 amide bonds. The normalized spacial score (nSPS) is 14.9. The van der Waals surface area contributed by atoms with Gasteiger partial charge >= 0.3 is 0 Å². The van der Waals surface area contributed by atoms with E-state index in [1.807, 2.05) is 55.6 Å². The van der Waals surface area contributed by atoms with Crippen LogP contribution in [0, 0.1) is 0 Å². The molecule has 2 N–H and O–H groups in total. The van der Waals surface area contributed by atoms with Crippen LogP contribution in [0.25, 0.3) is 0 Å². The van der Waals surface area contributed by atoms with Gasteiger partial charge in [-0.15, -0.1) is 0 Å². The van der Waals surface area contributed by atoms with Crippen LogP contribution in [-0.4, -0.2) is 56.4 Å². The van der Waals surface area contributed by atoms with Crippen LogP contribution in [0.4, 0.5) is 11.4 Å². The second kappa shape index (κ2) is 11.5. The molecule has 0 radical (unpaired) electrons. The van der Waals surface area contributed by atoms with Crippen molar-refractivity contribution in [1.29, 1.82) is 0 Å². The number of nitrogens with zero attached hydrogens (tertiary/aromatic N) is 2. The number of nitrogens with one attached hydrogen (secondary N) is 2. The van der Waals surface area contributed by atoms with Gasteiger partial charge in [-0.3, -0.25) is 19.3 Å². The van der Waals surface area contributed by atoms with Crippen molar-refractivity contribution in [1.82, 2.24) is 10.2 Å². The van der Waals surface area contributed by atoms with E-state index in [-0.39, 0.29) is 30.7 Å². The second-order valence-corrected chi connectivity index (χ2v) is 8.61. The highest BCUT2D eigenvalue weighted by Gasteiger charge is 2.34. The molecule has 1 atom stereocenters. The molecular formula is C28H30N4O4. The third-order valence-electron chi connectivity index (χ3n) is 6.07. The van der Waals surface area contributed by atoms with Gasteiger partial charge in [-0.1, -0.05) is 48.5 Å². The molecule has 3 aromatic rings. The van der Waals surface area contributed by atoms with Gasteiger partial charge in [0.2, 0.25) is 5.91 Å². The molecule has 8 heteroatoms. The Kier molecular flexibility index (Phi) is 7.97. The fourth-order valence-corrected chi connectivity index (χ4v) is 4.20. The highest BCUT2D eigenvalue weighted by molar-refractivity contribution is 6.07. The monoisotopic (exact) mass is 486 g/mol. The first kappa shape index (κ1) is 24.9. The number of carbonyl (C=O) groups is 3. The fraction of sp³-hybridized carbons (Fsp3) is 0.250. The summed E-state index contributed by atoms with van der Waals surface area (Å²) in [7, 11) is 3.55. The van der Waals surface area contributed by atoms with E-state index in [9.17, 15) is 14.4 Å². The Bertz CT molecular complexity index is 1220. The molecule has 1 unspecified atom stereocenters. The van der Waals surface area contributed by atoms with E-state index < -0.39 is 6.04 Å². The van der Waals surface area contributed by atoms with Gasteiger partial charge in [-0.05, 0) is 42.9 Å². The lowest BCUT2D eigenvalue weighted by molar-refractivity contribution is -0.121. The van der Waals surface area contributed by atoms with Crippen LogP contribution >= 0.6 is 0 Å². The maximum atomic E-state index is 13.6.